The highest BCUT2D eigenvalue weighted by atomic mass is 35.5. The zero-order valence-corrected chi connectivity index (χ0v) is 12.5. The maximum atomic E-state index is 6.33. The summed E-state index contributed by atoms with van der Waals surface area (Å²) in [6.07, 6.45) is 2.12. The zero-order valence-electron chi connectivity index (χ0n) is 11.0. The Bertz CT molecular complexity index is 357. The quantitative estimate of drug-likeness (QED) is 0.854. The van der Waals surface area contributed by atoms with Crippen molar-refractivity contribution in [2.45, 2.75) is 13.0 Å². The van der Waals surface area contributed by atoms with E-state index in [1.807, 2.05) is 24.9 Å². The Balaban J connectivity index is 2.82. The second kappa shape index (κ2) is 7.14. The summed E-state index contributed by atoms with van der Waals surface area (Å²) in [4.78, 5) is 2.20. The largest absolute Gasteiger partial charge is 0.373 e. The molecule has 17 heavy (non-hydrogen) atoms. The van der Waals surface area contributed by atoms with Crippen molar-refractivity contribution in [1.82, 2.24) is 5.32 Å². The maximum absolute atomic E-state index is 6.33. The second-order valence-corrected chi connectivity index (χ2v) is 5.53. The SMILES string of the molecule is CNC(C)c1ccc(N(C)CCSC)c(Cl)c1. The van der Waals surface area contributed by atoms with Gasteiger partial charge in [0.2, 0.25) is 0 Å². The predicted molar refractivity (Wildman–Crippen MR) is 80.6 cm³/mol. The summed E-state index contributed by atoms with van der Waals surface area (Å²) in [5.41, 5.74) is 2.33. The topological polar surface area (TPSA) is 15.3 Å². The van der Waals surface area contributed by atoms with Gasteiger partial charge in [-0.2, -0.15) is 11.8 Å². The van der Waals surface area contributed by atoms with Crippen molar-refractivity contribution in [2.24, 2.45) is 0 Å². The Morgan fingerprint density at radius 2 is 2.18 bits per heavy atom. The monoisotopic (exact) mass is 272 g/mol. The molecule has 0 saturated heterocycles. The van der Waals surface area contributed by atoms with Gasteiger partial charge in [0.15, 0.2) is 0 Å². The molecule has 1 rings (SSSR count). The summed E-state index contributed by atoms with van der Waals surface area (Å²) in [5, 5.41) is 4.04. The van der Waals surface area contributed by atoms with Crippen LogP contribution in [0.2, 0.25) is 5.02 Å². The molecule has 4 heteroatoms. The fourth-order valence-corrected chi connectivity index (χ4v) is 2.41. The molecule has 0 amide bonds. The molecule has 0 bridgehead atoms. The normalized spacial score (nSPS) is 12.5. The fourth-order valence-electron chi connectivity index (χ4n) is 1.62. The summed E-state index contributed by atoms with van der Waals surface area (Å²) in [7, 11) is 4.04. The van der Waals surface area contributed by atoms with Crippen LogP contribution in [0.3, 0.4) is 0 Å². The van der Waals surface area contributed by atoms with Crippen LogP contribution in [-0.2, 0) is 0 Å². The zero-order chi connectivity index (χ0) is 12.8. The Morgan fingerprint density at radius 1 is 1.47 bits per heavy atom. The summed E-state index contributed by atoms with van der Waals surface area (Å²) < 4.78 is 0. The summed E-state index contributed by atoms with van der Waals surface area (Å²) in [6, 6.07) is 6.62. The Kier molecular flexibility index (Phi) is 6.17. The molecule has 1 unspecified atom stereocenters. The van der Waals surface area contributed by atoms with Crippen molar-refractivity contribution in [1.29, 1.82) is 0 Å². The van der Waals surface area contributed by atoms with Gasteiger partial charge >= 0.3 is 0 Å². The third-order valence-electron chi connectivity index (χ3n) is 2.95. The van der Waals surface area contributed by atoms with Gasteiger partial charge in [-0.25, -0.2) is 0 Å². The van der Waals surface area contributed by atoms with Crippen LogP contribution < -0.4 is 10.2 Å². The minimum Gasteiger partial charge on any atom is -0.373 e. The van der Waals surface area contributed by atoms with Crippen LogP contribution in [0.5, 0.6) is 0 Å². The lowest BCUT2D eigenvalue weighted by atomic mass is 10.1. The van der Waals surface area contributed by atoms with Crippen LogP contribution in [0, 0.1) is 0 Å². The van der Waals surface area contributed by atoms with Gasteiger partial charge < -0.3 is 10.2 Å². The summed E-state index contributed by atoms with van der Waals surface area (Å²) >= 11 is 8.18. The van der Waals surface area contributed by atoms with Gasteiger partial charge in [0, 0.05) is 25.4 Å². The molecule has 0 radical (unpaired) electrons. The molecule has 0 aromatic heterocycles. The van der Waals surface area contributed by atoms with Gasteiger partial charge in [0.1, 0.15) is 0 Å². The number of benzene rings is 1. The third kappa shape index (κ3) is 4.09. The van der Waals surface area contributed by atoms with Crippen molar-refractivity contribution in [3.05, 3.63) is 28.8 Å². The number of hydrogen-bond acceptors (Lipinski definition) is 3. The first-order valence-corrected chi connectivity index (χ1v) is 7.54. The predicted octanol–water partition coefficient (Wildman–Crippen LogP) is 3.42. The van der Waals surface area contributed by atoms with Crippen molar-refractivity contribution >= 4 is 29.1 Å². The number of nitrogens with one attached hydrogen (secondary N) is 1. The minimum atomic E-state index is 0.332. The number of thioether (sulfide) groups is 1. The number of anilines is 1. The summed E-state index contributed by atoms with van der Waals surface area (Å²) in [6.45, 7) is 3.14. The van der Waals surface area contributed by atoms with E-state index in [2.05, 4.69) is 42.6 Å². The molecule has 0 heterocycles. The highest BCUT2D eigenvalue weighted by molar-refractivity contribution is 7.98. The first kappa shape index (κ1) is 14.7. The first-order chi connectivity index (χ1) is 8.10. The third-order valence-corrected chi connectivity index (χ3v) is 3.84. The van der Waals surface area contributed by atoms with Crippen LogP contribution in [0.15, 0.2) is 18.2 Å². The van der Waals surface area contributed by atoms with Crippen LogP contribution in [0.4, 0.5) is 5.69 Å². The van der Waals surface area contributed by atoms with E-state index in [9.17, 15) is 0 Å². The van der Waals surface area contributed by atoms with E-state index in [0.717, 1.165) is 23.0 Å². The molecule has 2 nitrogen and oxygen atoms in total. The highest BCUT2D eigenvalue weighted by Crippen LogP contribution is 2.28. The highest BCUT2D eigenvalue weighted by Gasteiger charge is 2.09. The first-order valence-electron chi connectivity index (χ1n) is 5.77. The van der Waals surface area contributed by atoms with E-state index < -0.39 is 0 Å². The second-order valence-electron chi connectivity index (χ2n) is 4.14. The van der Waals surface area contributed by atoms with Crippen molar-refractivity contribution < 1.29 is 0 Å². The molecule has 0 saturated carbocycles. The standard InChI is InChI=1S/C13H21ClN2S/c1-10(15-2)11-5-6-13(12(14)9-11)16(3)7-8-17-4/h5-6,9-10,15H,7-8H2,1-4H3. The van der Waals surface area contributed by atoms with E-state index in [1.54, 1.807) is 0 Å². The van der Waals surface area contributed by atoms with E-state index in [1.165, 1.54) is 5.56 Å². The van der Waals surface area contributed by atoms with E-state index in [4.69, 9.17) is 11.6 Å². The van der Waals surface area contributed by atoms with Gasteiger partial charge in [0.25, 0.3) is 0 Å². The van der Waals surface area contributed by atoms with Gasteiger partial charge in [-0.3, -0.25) is 0 Å². The minimum absolute atomic E-state index is 0.332. The summed E-state index contributed by atoms with van der Waals surface area (Å²) in [5.74, 6) is 1.11. The van der Waals surface area contributed by atoms with Gasteiger partial charge in [-0.15, -0.1) is 0 Å². The van der Waals surface area contributed by atoms with Crippen LogP contribution >= 0.6 is 23.4 Å². The molecule has 0 aliphatic heterocycles. The molecule has 0 aliphatic rings. The molecule has 1 N–H and O–H groups in total. The molecule has 1 aromatic rings. The molecule has 1 atom stereocenters. The van der Waals surface area contributed by atoms with Crippen molar-refractivity contribution in [2.75, 3.05) is 37.5 Å². The van der Waals surface area contributed by atoms with Gasteiger partial charge in [0.05, 0.1) is 10.7 Å². The lowest BCUT2D eigenvalue weighted by Crippen LogP contribution is -2.20. The van der Waals surface area contributed by atoms with Crippen molar-refractivity contribution in [3.8, 4) is 0 Å². The molecule has 0 aliphatic carbocycles. The molecule has 0 spiro atoms. The average Bonchev–Trinajstić information content (AvgIpc) is 2.34. The van der Waals surface area contributed by atoms with E-state index >= 15 is 0 Å². The number of hydrogen-bond donors (Lipinski definition) is 1. The van der Waals surface area contributed by atoms with Crippen LogP contribution in [0.25, 0.3) is 0 Å². The molecular weight excluding hydrogens is 252 g/mol. The maximum Gasteiger partial charge on any atom is 0.0642 e. The fraction of sp³-hybridized carbons (Fsp3) is 0.538. The van der Waals surface area contributed by atoms with E-state index in [0.29, 0.717) is 6.04 Å². The molecule has 96 valence electrons. The smallest absolute Gasteiger partial charge is 0.0642 e. The Morgan fingerprint density at radius 3 is 2.71 bits per heavy atom. The van der Waals surface area contributed by atoms with Crippen LogP contribution in [-0.4, -0.2) is 32.6 Å². The number of rotatable bonds is 6. The Hall–Kier alpha value is -0.380. The van der Waals surface area contributed by atoms with Crippen molar-refractivity contribution in [3.63, 3.8) is 0 Å². The molecule has 1 aromatic carbocycles. The average molecular weight is 273 g/mol. The van der Waals surface area contributed by atoms with Gasteiger partial charge in [-0.1, -0.05) is 17.7 Å². The number of nitrogens with zero attached hydrogens (tertiary/aromatic N) is 1. The number of halogens is 1. The van der Waals surface area contributed by atoms with E-state index in [-0.39, 0.29) is 0 Å². The van der Waals surface area contributed by atoms with Crippen LogP contribution in [0.1, 0.15) is 18.5 Å². The Labute approximate surface area is 114 Å². The molecular formula is C13H21ClN2S. The molecule has 0 fully saturated rings. The lowest BCUT2D eigenvalue weighted by molar-refractivity contribution is 0.652. The lowest BCUT2D eigenvalue weighted by Gasteiger charge is -2.21. The van der Waals surface area contributed by atoms with Gasteiger partial charge in [-0.05, 0) is 37.9 Å².